The molecule has 0 spiro atoms. The average molecular weight is 341 g/mol. The molecule has 1 heterocycles. The van der Waals surface area contributed by atoms with Crippen molar-refractivity contribution in [2.24, 2.45) is 0 Å². The second kappa shape index (κ2) is 5.30. The van der Waals surface area contributed by atoms with Gasteiger partial charge in [-0.2, -0.15) is 0 Å². The molecule has 0 bridgehead atoms. The van der Waals surface area contributed by atoms with E-state index in [0.29, 0.717) is 10.2 Å². The summed E-state index contributed by atoms with van der Waals surface area (Å²) in [7, 11) is -3.62. The van der Waals surface area contributed by atoms with Crippen molar-refractivity contribution in [1.82, 2.24) is 4.98 Å². The van der Waals surface area contributed by atoms with Gasteiger partial charge in [0.2, 0.25) is 0 Å². The number of hydrogen-bond acceptors (Lipinski definition) is 3. The van der Waals surface area contributed by atoms with Crippen LogP contribution in [-0.4, -0.2) is 13.4 Å². The molecule has 1 aromatic carbocycles. The summed E-state index contributed by atoms with van der Waals surface area (Å²) in [6.07, 6.45) is 3.11. The van der Waals surface area contributed by atoms with Crippen LogP contribution in [0.2, 0.25) is 0 Å². The fourth-order valence-electron chi connectivity index (χ4n) is 1.59. The third-order valence-electron chi connectivity index (χ3n) is 2.66. The van der Waals surface area contributed by atoms with Gasteiger partial charge in [0, 0.05) is 10.7 Å². The van der Waals surface area contributed by atoms with E-state index in [1.165, 1.54) is 6.20 Å². The zero-order valence-electron chi connectivity index (χ0n) is 10.5. The van der Waals surface area contributed by atoms with Crippen LogP contribution in [-0.2, 0) is 10.0 Å². The predicted molar refractivity (Wildman–Crippen MR) is 78.7 cm³/mol. The van der Waals surface area contributed by atoms with E-state index >= 15 is 0 Å². The van der Waals surface area contributed by atoms with E-state index < -0.39 is 10.0 Å². The summed E-state index contributed by atoms with van der Waals surface area (Å²) >= 11 is 3.28. The molecule has 0 unspecified atom stereocenters. The highest BCUT2D eigenvalue weighted by atomic mass is 79.9. The van der Waals surface area contributed by atoms with Crippen LogP contribution in [0, 0.1) is 13.8 Å². The maximum absolute atomic E-state index is 12.3. The van der Waals surface area contributed by atoms with E-state index in [9.17, 15) is 8.42 Å². The van der Waals surface area contributed by atoms with Gasteiger partial charge in [-0.25, -0.2) is 8.42 Å². The molecular formula is C13H13BrN2O2S. The quantitative estimate of drug-likeness (QED) is 0.932. The highest BCUT2D eigenvalue weighted by Crippen LogP contribution is 2.25. The molecule has 0 saturated carbocycles. The lowest BCUT2D eigenvalue weighted by Crippen LogP contribution is -2.14. The van der Waals surface area contributed by atoms with Crippen LogP contribution >= 0.6 is 15.9 Å². The van der Waals surface area contributed by atoms with Crippen LogP contribution in [0.25, 0.3) is 0 Å². The topological polar surface area (TPSA) is 59.1 Å². The van der Waals surface area contributed by atoms with E-state index in [4.69, 9.17) is 0 Å². The van der Waals surface area contributed by atoms with Crippen molar-refractivity contribution in [3.8, 4) is 0 Å². The molecule has 0 saturated heterocycles. The fraction of sp³-hybridized carbons (Fsp3) is 0.154. The summed E-state index contributed by atoms with van der Waals surface area (Å²) in [5.41, 5.74) is 2.29. The largest absolute Gasteiger partial charge is 0.278 e. The number of aromatic nitrogens is 1. The van der Waals surface area contributed by atoms with Gasteiger partial charge in [-0.1, -0.05) is 6.07 Å². The van der Waals surface area contributed by atoms with Gasteiger partial charge in [-0.3, -0.25) is 9.71 Å². The van der Waals surface area contributed by atoms with Crippen LogP contribution in [0.15, 0.2) is 46.0 Å². The average Bonchev–Trinajstić information content (AvgIpc) is 2.31. The number of nitrogens with zero attached hydrogens (tertiary/aromatic N) is 1. The van der Waals surface area contributed by atoms with E-state index in [2.05, 4.69) is 25.6 Å². The number of aryl methyl sites for hydroxylation is 2. The Morgan fingerprint density at radius 1 is 1.21 bits per heavy atom. The molecule has 1 N–H and O–H groups in total. The van der Waals surface area contributed by atoms with Crippen LogP contribution in [0.4, 0.5) is 5.69 Å². The molecule has 19 heavy (non-hydrogen) atoms. The van der Waals surface area contributed by atoms with Crippen LogP contribution in [0.3, 0.4) is 0 Å². The normalized spacial score (nSPS) is 11.3. The van der Waals surface area contributed by atoms with Gasteiger partial charge in [0.1, 0.15) is 4.90 Å². The number of anilines is 1. The smallest absolute Gasteiger partial charge is 0.263 e. The molecule has 100 valence electrons. The van der Waals surface area contributed by atoms with Crippen molar-refractivity contribution in [2.75, 3.05) is 4.72 Å². The van der Waals surface area contributed by atoms with Crippen molar-refractivity contribution in [3.05, 3.63) is 52.3 Å². The number of sulfonamides is 1. The summed E-state index contributed by atoms with van der Waals surface area (Å²) in [6.45, 7) is 3.73. The first-order valence-corrected chi connectivity index (χ1v) is 7.87. The molecule has 0 atom stereocenters. The maximum Gasteiger partial charge on any atom is 0.263 e. The van der Waals surface area contributed by atoms with Crippen LogP contribution in [0.1, 0.15) is 11.1 Å². The lowest BCUT2D eigenvalue weighted by molar-refractivity contribution is 0.600. The van der Waals surface area contributed by atoms with Crippen molar-refractivity contribution in [1.29, 1.82) is 0 Å². The molecule has 0 radical (unpaired) electrons. The number of halogens is 1. The first-order chi connectivity index (χ1) is 8.90. The Bertz CT molecular complexity index is 714. The van der Waals surface area contributed by atoms with Crippen molar-refractivity contribution < 1.29 is 8.42 Å². The first kappa shape index (κ1) is 14.0. The number of nitrogens with one attached hydrogen (secondary N) is 1. The van der Waals surface area contributed by atoms with E-state index in [-0.39, 0.29) is 4.90 Å². The minimum absolute atomic E-state index is 0.210. The van der Waals surface area contributed by atoms with Crippen LogP contribution in [0.5, 0.6) is 0 Å². The van der Waals surface area contributed by atoms with E-state index in [0.717, 1.165) is 11.1 Å². The molecule has 2 aromatic rings. The molecule has 2 rings (SSSR count). The number of pyridine rings is 1. The molecule has 0 fully saturated rings. The van der Waals surface area contributed by atoms with Gasteiger partial charge >= 0.3 is 0 Å². The zero-order chi connectivity index (χ0) is 14.0. The van der Waals surface area contributed by atoms with Crippen molar-refractivity contribution in [2.45, 2.75) is 18.7 Å². The Hall–Kier alpha value is -1.40. The third kappa shape index (κ3) is 3.13. The van der Waals surface area contributed by atoms with Crippen molar-refractivity contribution >= 4 is 31.6 Å². The molecule has 6 heteroatoms. The Morgan fingerprint density at radius 3 is 2.58 bits per heavy atom. The van der Waals surface area contributed by atoms with Gasteiger partial charge in [0.25, 0.3) is 10.0 Å². The first-order valence-electron chi connectivity index (χ1n) is 5.60. The van der Waals surface area contributed by atoms with Gasteiger partial charge in [0.15, 0.2) is 0 Å². The minimum atomic E-state index is -3.62. The third-order valence-corrected chi connectivity index (χ3v) is 5.00. The second-order valence-corrected chi connectivity index (χ2v) is 6.74. The SMILES string of the molecule is Cc1ccc(S(=O)(=O)Nc2cnccc2C)c(Br)c1. The second-order valence-electron chi connectivity index (χ2n) is 4.23. The van der Waals surface area contributed by atoms with Crippen LogP contribution < -0.4 is 4.72 Å². The van der Waals surface area contributed by atoms with E-state index in [1.807, 2.05) is 13.8 Å². The van der Waals surface area contributed by atoms with Gasteiger partial charge in [-0.15, -0.1) is 0 Å². The molecule has 4 nitrogen and oxygen atoms in total. The predicted octanol–water partition coefficient (Wildman–Crippen LogP) is 3.26. The minimum Gasteiger partial charge on any atom is -0.278 e. The molecule has 1 aromatic heterocycles. The highest BCUT2D eigenvalue weighted by Gasteiger charge is 2.18. The molecule has 0 aliphatic rings. The van der Waals surface area contributed by atoms with Gasteiger partial charge < -0.3 is 0 Å². The Kier molecular flexibility index (Phi) is 3.91. The summed E-state index contributed by atoms with van der Waals surface area (Å²) in [5, 5.41) is 0. The summed E-state index contributed by atoms with van der Waals surface area (Å²) in [5.74, 6) is 0. The highest BCUT2D eigenvalue weighted by molar-refractivity contribution is 9.10. The molecule has 0 aliphatic heterocycles. The summed E-state index contributed by atoms with van der Waals surface area (Å²) in [4.78, 5) is 4.13. The Balaban J connectivity index is 2.41. The number of rotatable bonds is 3. The van der Waals surface area contributed by atoms with Gasteiger partial charge in [0.05, 0.1) is 11.9 Å². The fourth-order valence-corrected chi connectivity index (χ4v) is 3.90. The van der Waals surface area contributed by atoms with Crippen molar-refractivity contribution in [3.63, 3.8) is 0 Å². The molecule has 0 amide bonds. The standard InChI is InChI=1S/C13H13BrN2O2S/c1-9-3-4-13(11(14)7-9)19(17,18)16-12-8-15-6-5-10(12)2/h3-8,16H,1-2H3. The Labute approximate surface area is 121 Å². The molecular weight excluding hydrogens is 328 g/mol. The molecule has 0 aliphatic carbocycles. The number of hydrogen-bond donors (Lipinski definition) is 1. The van der Waals surface area contributed by atoms with Gasteiger partial charge in [-0.05, 0) is 59.1 Å². The maximum atomic E-state index is 12.3. The zero-order valence-corrected chi connectivity index (χ0v) is 12.9. The van der Waals surface area contributed by atoms with E-state index in [1.54, 1.807) is 30.5 Å². The lowest BCUT2D eigenvalue weighted by Gasteiger charge is -2.11. The summed E-state index contributed by atoms with van der Waals surface area (Å²) in [6, 6.07) is 6.86. The number of benzene rings is 1. The summed E-state index contributed by atoms with van der Waals surface area (Å²) < 4.78 is 27.7. The Morgan fingerprint density at radius 2 is 1.95 bits per heavy atom. The monoisotopic (exact) mass is 340 g/mol. The lowest BCUT2D eigenvalue weighted by atomic mass is 10.2.